The molecule has 3 aromatic rings. The van der Waals surface area contributed by atoms with Gasteiger partial charge in [0.1, 0.15) is 12.4 Å². The highest BCUT2D eigenvalue weighted by molar-refractivity contribution is 5.79. The number of para-hydroxylation sites is 1. The molecule has 1 unspecified atom stereocenters. The fraction of sp³-hybridized carbons (Fsp3) is 0.375. The number of carbonyl (C=O) groups is 1. The first-order chi connectivity index (χ1) is 15.0. The summed E-state index contributed by atoms with van der Waals surface area (Å²) >= 11 is 0. The van der Waals surface area contributed by atoms with E-state index in [1.165, 1.54) is 4.57 Å². The van der Waals surface area contributed by atoms with Gasteiger partial charge >= 0.3 is 0 Å². The summed E-state index contributed by atoms with van der Waals surface area (Å²) in [6.45, 7) is 6.45. The Morgan fingerprint density at radius 3 is 2.45 bits per heavy atom. The quantitative estimate of drug-likeness (QED) is 0.660. The van der Waals surface area contributed by atoms with Gasteiger partial charge in [-0.15, -0.1) is 0 Å². The lowest BCUT2D eigenvalue weighted by Gasteiger charge is -2.35. The minimum Gasteiger partial charge on any atom is -0.346 e. The van der Waals surface area contributed by atoms with Crippen LogP contribution in [0.1, 0.15) is 17.4 Å². The molecule has 1 aliphatic rings. The van der Waals surface area contributed by atoms with Gasteiger partial charge in [0.25, 0.3) is 5.56 Å². The maximum atomic E-state index is 13.0. The third-order valence-electron chi connectivity index (χ3n) is 5.93. The van der Waals surface area contributed by atoms with Gasteiger partial charge in [-0.3, -0.25) is 19.1 Å². The number of likely N-dealkylation sites (N-methyl/N-ethyl adjacent to an activating group) is 1. The van der Waals surface area contributed by atoms with E-state index in [1.54, 1.807) is 13.0 Å². The summed E-state index contributed by atoms with van der Waals surface area (Å²) in [5.41, 5.74) is 1.53. The number of benzene rings is 2. The van der Waals surface area contributed by atoms with Crippen molar-refractivity contribution in [2.24, 2.45) is 0 Å². The molecule has 7 heteroatoms. The molecule has 1 aliphatic heterocycles. The van der Waals surface area contributed by atoms with Crippen LogP contribution >= 0.6 is 0 Å². The normalized spacial score (nSPS) is 16.3. The predicted octanol–water partition coefficient (Wildman–Crippen LogP) is 1.81. The topological polar surface area (TPSA) is 70.5 Å². The van der Waals surface area contributed by atoms with E-state index >= 15 is 0 Å². The Bertz CT molecular complexity index is 1100. The molecule has 2 aromatic carbocycles. The number of aromatic nitrogens is 2. The summed E-state index contributed by atoms with van der Waals surface area (Å²) < 4.78 is 1.45. The Kier molecular flexibility index (Phi) is 6.44. The van der Waals surface area contributed by atoms with Crippen molar-refractivity contribution in [2.45, 2.75) is 19.5 Å². The number of piperazine rings is 1. The van der Waals surface area contributed by atoms with Gasteiger partial charge in [-0.2, -0.15) is 0 Å². The molecule has 4 rings (SSSR count). The van der Waals surface area contributed by atoms with Crippen LogP contribution in [0.15, 0.2) is 59.4 Å². The predicted molar refractivity (Wildman–Crippen MR) is 122 cm³/mol. The van der Waals surface area contributed by atoms with E-state index in [9.17, 15) is 9.59 Å². The van der Waals surface area contributed by atoms with Gasteiger partial charge in [0.05, 0.1) is 16.9 Å². The van der Waals surface area contributed by atoms with E-state index in [4.69, 9.17) is 0 Å². The van der Waals surface area contributed by atoms with Crippen LogP contribution in [0.4, 0.5) is 0 Å². The molecular formula is C24H29N5O2. The molecule has 0 spiro atoms. The third kappa shape index (κ3) is 5.00. The Hall–Kier alpha value is -3.03. The van der Waals surface area contributed by atoms with Crippen LogP contribution in [0, 0.1) is 6.92 Å². The molecule has 1 N–H and O–H groups in total. The largest absolute Gasteiger partial charge is 0.346 e. The highest BCUT2D eigenvalue weighted by atomic mass is 16.2. The van der Waals surface area contributed by atoms with Gasteiger partial charge in [0, 0.05) is 32.7 Å². The van der Waals surface area contributed by atoms with E-state index < -0.39 is 0 Å². The number of hydrogen-bond acceptors (Lipinski definition) is 5. The Morgan fingerprint density at radius 1 is 1.03 bits per heavy atom. The summed E-state index contributed by atoms with van der Waals surface area (Å²) in [7, 11) is 2.13. The van der Waals surface area contributed by atoms with Crippen molar-refractivity contribution in [2.75, 3.05) is 39.8 Å². The summed E-state index contributed by atoms with van der Waals surface area (Å²) in [5.74, 6) is 0.347. The van der Waals surface area contributed by atoms with Gasteiger partial charge in [0.15, 0.2) is 0 Å². The lowest BCUT2D eigenvalue weighted by molar-refractivity contribution is -0.122. The summed E-state index contributed by atoms with van der Waals surface area (Å²) in [4.78, 5) is 35.1. The molecule has 1 saturated heterocycles. The molecule has 31 heavy (non-hydrogen) atoms. The van der Waals surface area contributed by atoms with Crippen molar-refractivity contribution in [3.63, 3.8) is 0 Å². The molecule has 2 heterocycles. The van der Waals surface area contributed by atoms with Crippen molar-refractivity contribution >= 4 is 16.8 Å². The second kappa shape index (κ2) is 9.41. The van der Waals surface area contributed by atoms with Gasteiger partial charge in [-0.1, -0.05) is 42.5 Å². The maximum Gasteiger partial charge on any atom is 0.261 e. The van der Waals surface area contributed by atoms with E-state index in [0.717, 1.165) is 38.3 Å². The first-order valence-corrected chi connectivity index (χ1v) is 10.7. The molecule has 1 fully saturated rings. The lowest BCUT2D eigenvalue weighted by Crippen LogP contribution is -2.48. The van der Waals surface area contributed by atoms with Crippen LogP contribution in [0.25, 0.3) is 10.9 Å². The number of hydrogen-bond donors (Lipinski definition) is 1. The van der Waals surface area contributed by atoms with Crippen LogP contribution in [0.3, 0.4) is 0 Å². The molecular weight excluding hydrogens is 390 g/mol. The minimum atomic E-state index is -0.190. The Balaban J connectivity index is 1.52. The maximum absolute atomic E-state index is 13.0. The molecule has 1 atom stereocenters. The molecule has 0 aliphatic carbocycles. The van der Waals surface area contributed by atoms with Crippen molar-refractivity contribution in [3.05, 3.63) is 76.3 Å². The van der Waals surface area contributed by atoms with Gasteiger partial charge in [0.2, 0.25) is 5.91 Å². The SMILES string of the molecule is Cc1nc2ccccc2c(=O)n1CC(=O)NC(CN1CCN(C)CC1)c1ccccc1. The standard InChI is InChI=1S/C24H29N5O2/c1-18-25-21-11-7-6-10-20(21)24(31)29(18)17-23(30)26-22(19-8-4-3-5-9-19)16-28-14-12-27(2)13-15-28/h3-11,22H,12-17H2,1-2H3,(H,26,30). The molecule has 0 saturated carbocycles. The summed E-state index contributed by atoms with van der Waals surface area (Å²) in [5, 5.41) is 3.69. The van der Waals surface area contributed by atoms with E-state index in [0.29, 0.717) is 16.7 Å². The van der Waals surface area contributed by atoms with Crippen molar-refractivity contribution < 1.29 is 4.79 Å². The zero-order valence-electron chi connectivity index (χ0n) is 18.1. The van der Waals surface area contributed by atoms with Crippen molar-refractivity contribution in [1.82, 2.24) is 24.7 Å². The molecule has 0 radical (unpaired) electrons. The third-order valence-corrected chi connectivity index (χ3v) is 5.93. The zero-order valence-corrected chi connectivity index (χ0v) is 18.1. The van der Waals surface area contributed by atoms with Gasteiger partial charge < -0.3 is 10.2 Å². The molecule has 1 amide bonds. The first kappa shape index (κ1) is 21.2. The van der Waals surface area contributed by atoms with Crippen molar-refractivity contribution in [3.8, 4) is 0 Å². The van der Waals surface area contributed by atoms with E-state index in [-0.39, 0.29) is 24.1 Å². The molecule has 1 aromatic heterocycles. The van der Waals surface area contributed by atoms with E-state index in [2.05, 4.69) is 27.1 Å². The molecule has 7 nitrogen and oxygen atoms in total. The van der Waals surface area contributed by atoms with Crippen LogP contribution in [-0.2, 0) is 11.3 Å². The molecule has 162 valence electrons. The van der Waals surface area contributed by atoms with Crippen LogP contribution in [0.2, 0.25) is 0 Å². The lowest BCUT2D eigenvalue weighted by atomic mass is 10.1. The number of nitrogens with one attached hydrogen (secondary N) is 1. The highest BCUT2D eigenvalue weighted by Gasteiger charge is 2.22. The monoisotopic (exact) mass is 419 g/mol. The Labute approximate surface area is 182 Å². The Morgan fingerprint density at radius 2 is 1.71 bits per heavy atom. The fourth-order valence-electron chi connectivity index (χ4n) is 4.06. The number of aryl methyl sites for hydroxylation is 1. The highest BCUT2D eigenvalue weighted by Crippen LogP contribution is 2.16. The number of rotatable bonds is 6. The van der Waals surface area contributed by atoms with Gasteiger partial charge in [-0.05, 0) is 31.7 Å². The summed E-state index contributed by atoms with van der Waals surface area (Å²) in [6.07, 6.45) is 0. The minimum absolute atomic E-state index is 0.0471. The van der Waals surface area contributed by atoms with Crippen LogP contribution in [-0.4, -0.2) is 65.0 Å². The van der Waals surface area contributed by atoms with Crippen molar-refractivity contribution in [1.29, 1.82) is 0 Å². The summed E-state index contributed by atoms with van der Waals surface area (Å²) in [6, 6.07) is 17.1. The second-order valence-electron chi connectivity index (χ2n) is 8.20. The van der Waals surface area contributed by atoms with Gasteiger partial charge in [-0.25, -0.2) is 4.98 Å². The molecule has 0 bridgehead atoms. The number of fused-ring (bicyclic) bond motifs is 1. The number of carbonyl (C=O) groups excluding carboxylic acids is 1. The number of amides is 1. The smallest absolute Gasteiger partial charge is 0.261 e. The fourth-order valence-corrected chi connectivity index (χ4v) is 4.06. The average molecular weight is 420 g/mol. The van der Waals surface area contributed by atoms with Crippen LogP contribution in [0.5, 0.6) is 0 Å². The van der Waals surface area contributed by atoms with Crippen LogP contribution < -0.4 is 10.9 Å². The van der Waals surface area contributed by atoms with E-state index in [1.807, 2.05) is 48.5 Å². The zero-order chi connectivity index (χ0) is 21.8. The average Bonchev–Trinajstić information content (AvgIpc) is 2.78. The number of nitrogens with zero attached hydrogens (tertiary/aromatic N) is 4. The first-order valence-electron chi connectivity index (χ1n) is 10.7. The second-order valence-corrected chi connectivity index (χ2v) is 8.20.